The first kappa shape index (κ1) is 25.1. The summed E-state index contributed by atoms with van der Waals surface area (Å²) in [7, 11) is -2.31. The largest absolute Gasteiger partial charge is 0.497 e. The van der Waals surface area contributed by atoms with E-state index in [4.69, 9.17) is 9.47 Å². The average molecular weight is 483 g/mol. The van der Waals surface area contributed by atoms with Crippen LogP contribution in [0.3, 0.4) is 0 Å². The number of ether oxygens (including phenoxy) is 2. The molecule has 1 amide bonds. The summed E-state index contributed by atoms with van der Waals surface area (Å²) < 4.78 is 38.5. The number of carbonyl (C=O) groups excluding carboxylic acids is 1. The topological polar surface area (TPSA) is 84.9 Å². The maximum Gasteiger partial charge on any atom is 0.264 e. The number of aryl methyl sites for hydroxylation is 1. The van der Waals surface area contributed by atoms with Gasteiger partial charge in [0.15, 0.2) is 0 Å². The first-order chi connectivity index (χ1) is 16.4. The molecular formula is C26H30N2O5S. The third-order valence-corrected chi connectivity index (χ3v) is 6.94. The standard InChI is InChI=1S/C26H30N2O5S/c1-3-33-23-16-14-22(15-17-23)28(34(30,31)25-12-5-4-6-13-25)20-26(29)27-18-8-10-21-9-7-11-24(19-21)32-2/h4-7,9,11-17,19H,3,8,10,18,20H2,1-2H3,(H,27,29). The lowest BCUT2D eigenvalue weighted by Gasteiger charge is -2.24. The van der Waals surface area contributed by atoms with E-state index >= 15 is 0 Å². The van der Waals surface area contributed by atoms with Crippen molar-refractivity contribution in [1.82, 2.24) is 5.32 Å². The van der Waals surface area contributed by atoms with Crippen molar-refractivity contribution in [2.24, 2.45) is 0 Å². The zero-order valence-corrected chi connectivity index (χ0v) is 20.3. The molecule has 0 saturated heterocycles. The number of methoxy groups -OCH3 is 1. The molecule has 0 aliphatic carbocycles. The monoisotopic (exact) mass is 482 g/mol. The molecule has 0 saturated carbocycles. The van der Waals surface area contributed by atoms with Gasteiger partial charge in [-0.2, -0.15) is 0 Å². The number of anilines is 1. The number of nitrogens with one attached hydrogen (secondary N) is 1. The molecule has 0 atom stereocenters. The van der Waals surface area contributed by atoms with Crippen molar-refractivity contribution < 1.29 is 22.7 Å². The van der Waals surface area contributed by atoms with Gasteiger partial charge in [-0.25, -0.2) is 8.42 Å². The fourth-order valence-corrected chi connectivity index (χ4v) is 4.89. The highest BCUT2D eigenvalue weighted by atomic mass is 32.2. The number of benzene rings is 3. The maximum absolute atomic E-state index is 13.4. The summed E-state index contributed by atoms with van der Waals surface area (Å²) in [4.78, 5) is 12.8. The molecule has 0 aromatic heterocycles. The summed E-state index contributed by atoms with van der Waals surface area (Å²) in [5.41, 5.74) is 1.50. The van der Waals surface area contributed by atoms with Crippen LogP contribution in [0.15, 0.2) is 83.8 Å². The third kappa shape index (κ3) is 6.74. The van der Waals surface area contributed by atoms with E-state index in [0.29, 0.717) is 31.0 Å². The third-order valence-electron chi connectivity index (χ3n) is 5.15. The van der Waals surface area contributed by atoms with Crippen molar-refractivity contribution >= 4 is 21.6 Å². The molecule has 34 heavy (non-hydrogen) atoms. The molecule has 0 aliphatic rings. The van der Waals surface area contributed by atoms with Crippen LogP contribution in [0.2, 0.25) is 0 Å². The second-order valence-corrected chi connectivity index (χ2v) is 9.42. The zero-order chi connectivity index (χ0) is 24.4. The Balaban J connectivity index is 1.68. The quantitative estimate of drug-likeness (QED) is 0.394. The number of rotatable bonds is 12. The number of nitrogens with zero attached hydrogens (tertiary/aromatic N) is 1. The van der Waals surface area contributed by atoms with Crippen LogP contribution in [0.5, 0.6) is 11.5 Å². The average Bonchev–Trinajstić information content (AvgIpc) is 2.86. The number of amides is 1. The van der Waals surface area contributed by atoms with Crippen LogP contribution in [0, 0.1) is 0 Å². The van der Waals surface area contributed by atoms with Crippen LogP contribution < -0.4 is 19.1 Å². The molecule has 3 aromatic rings. The fraction of sp³-hybridized carbons (Fsp3) is 0.269. The van der Waals surface area contributed by atoms with Gasteiger partial charge in [-0.3, -0.25) is 9.10 Å². The first-order valence-corrected chi connectivity index (χ1v) is 12.6. The van der Waals surface area contributed by atoms with E-state index in [2.05, 4.69) is 5.32 Å². The van der Waals surface area contributed by atoms with Gasteiger partial charge in [0.1, 0.15) is 18.0 Å². The van der Waals surface area contributed by atoms with E-state index in [9.17, 15) is 13.2 Å². The van der Waals surface area contributed by atoms with Crippen molar-refractivity contribution in [3.63, 3.8) is 0 Å². The van der Waals surface area contributed by atoms with Gasteiger partial charge >= 0.3 is 0 Å². The number of hydrogen-bond acceptors (Lipinski definition) is 5. The van der Waals surface area contributed by atoms with Crippen LogP contribution in [0.4, 0.5) is 5.69 Å². The summed E-state index contributed by atoms with van der Waals surface area (Å²) in [5, 5.41) is 2.84. The summed E-state index contributed by atoms with van der Waals surface area (Å²) in [6.45, 7) is 2.48. The van der Waals surface area contributed by atoms with Gasteiger partial charge in [0.25, 0.3) is 10.0 Å². The lowest BCUT2D eigenvalue weighted by molar-refractivity contribution is -0.119. The van der Waals surface area contributed by atoms with Gasteiger partial charge in [0.05, 0.1) is 24.3 Å². The molecular weight excluding hydrogens is 452 g/mol. The van der Waals surface area contributed by atoms with Crippen molar-refractivity contribution in [2.45, 2.75) is 24.7 Å². The van der Waals surface area contributed by atoms with E-state index in [1.807, 2.05) is 31.2 Å². The van der Waals surface area contributed by atoms with E-state index < -0.39 is 10.0 Å². The summed E-state index contributed by atoms with van der Waals surface area (Å²) in [5.74, 6) is 1.04. The van der Waals surface area contributed by atoms with Crippen molar-refractivity contribution in [2.75, 3.05) is 31.1 Å². The molecule has 180 valence electrons. The SMILES string of the molecule is CCOc1ccc(N(CC(=O)NCCCc2cccc(OC)c2)S(=O)(=O)c2ccccc2)cc1. The second kappa shape index (κ2) is 12.1. The van der Waals surface area contributed by atoms with Crippen LogP contribution in [0.25, 0.3) is 0 Å². The predicted octanol–water partition coefficient (Wildman–Crippen LogP) is 4.04. The van der Waals surface area contributed by atoms with Gasteiger partial charge in [-0.1, -0.05) is 30.3 Å². The Morgan fingerprint density at radius 1 is 0.941 bits per heavy atom. The van der Waals surface area contributed by atoms with Gasteiger partial charge in [0, 0.05) is 6.54 Å². The highest BCUT2D eigenvalue weighted by Crippen LogP contribution is 2.25. The number of carbonyl (C=O) groups is 1. The Morgan fingerprint density at radius 2 is 1.68 bits per heavy atom. The lowest BCUT2D eigenvalue weighted by atomic mass is 10.1. The minimum Gasteiger partial charge on any atom is -0.497 e. The van der Waals surface area contributed by atoms with Crippen molar-refractivity contribution in [1.29, 1.82) is 0 Å². The molecule has 3 aromatic carbocycles. The van der Waals surface area contributed by atoms with Gasteiger partial charge in [-0.05, 0) is 73.9 Å². The first-order valence-electron chi connectivity index (χ1n) is 11.1. The highest BCUT2D eigenvalue weighted by Gasteiger charge is 2.27. The second-order valence-electron chi connectivity index (χ2n) is 7.56. The number of sulfonamides is 1. The Labute approximate surface area is 201 Å². The Bertz CT molecular complexity index is 1170. The van der Waals surface area contributed by atoms with E-state index in [0.717, 1.165) is 22.0 Å². The Morgan fingerprint density at radius 3 is 2.35 bits per heavy atom. The summed E-state index contributed by atoms with van der Waals surface area (Å²) >= 11 is 0. The molecule has 0 fully saturated rings. The maximum atomic E-state index is 13.4. The molecule has 0 unspecified atom stereocenters. The summed E-state index contributed by atoms with van der Waals surface area (Å²) in [6.07, 6.45) is 1.48. The molecule has 3 rings (SSSR count). The van der Waals surface area contributed by atoms with Crippen LogP contribution in [-0.2, 0) is 21.2 Å². The highest BCUT2D eigenvalue weighted by molar-refractivity contribution is 7.92. The minimum atomic E-state index is -3.94. The zero-order valence-electron chi connectivity index (χ0n) is 19.4. The predicted molar refractivity (Wildman–Crippen MR) is 133 cm³/mol. The molecule has 0 bridgehead atoms. The van der Waals surface area contributed by atoms with E-state index in [1.54, 1.807) is 49.6 Å². The van der Waals surface area contributed by atoms with E-state index in [-0.39, 0.29) is 17.3 Å². The smallest absolute Gasteiger partial charge is 0.264 e. The minimum absolute atomic E-state index is 0.120. The van der Waals surface area contributed by atoms with Gasteiger partial charge in [0.2, 0.25) is 5.91 Å². The number of hydrogen-bond donors (Lipinski definition) is 1. The van der Waals surface area contributed by atoms with Crippen LogP contribution in [-0.4, -0.2) is 41.1 Å². The lowest BCUT2D eigenvalue weighted by Crippen LogP contribution is -2.41. The van der Waals surface area contributed by atoms with Gasteiger partial charge < -0.3 is 14.8 Å². The fourth-order valence-electron chi connectivity index (χ4n) is 3.44. The molecule has 7 nitrogen and oxygen atoms in total. The van der Waals surface area contributed by atoms with Crippen LogP contribution >= 0.6 is 0 Å². The molecule has 0 spiro atoms. The molecule has 8 heteroatoms. The van der Waals surface area contributed by atoms with Crippen molar-refractivity contribution in [3.05, 3.63) is 84.4 Å². The molecule has 0 radical (unpaired) electrons. The van der Waals surface area contributed by atoms with Gasteiger partial charge in [-0.15, -0.1) is 0 Å². The molecule has 0 aliphatic heterocycles. The normalized spacial score (nSPS) is 11.0. The Kier molecular flexibility index (Phi) is 8.93. The molecule has 0 heterocycles. The van der Waals surface area contributed by atoms with E-state index in [1.165, 1.54) is 12.1 Å². The van der Waals surface area contributed by atoms with Crippen LogP contribution in [0.1, 0.15) is 18.9 Å². The molecule has 1 N–H and O–H groups in total. The Hall–Kier alpha value is -3.52. The summed E-state index contributed by atoms with van der Waals surface area (Å²) in [6, 6.07) is 22.5. The van der Waals surface area contributed by atoms with Crippen molar-refractivity contribution in [3.8, 4) is 11.5 Å².